The van der Waals surface area contributed by atoms with Gasteiger partial charge in [-0.1, -0.05) is 12.8 Å². The largest absolute Gasteiger partial charge is 0.389 e. The van der Waals surface area contributed by atoms with Gasteiger partial charge < -0.3 is 10.5 Å². The third-order valence-electron chi connectivity index (χ3n) is 3.38. The molecule has 0 radical (unpaired) electrons. The van der Waals surface area contributed by atoms with Gasteiger partial charge in [-0.05, 0) is 19.9 Å². The van der Waals surface area contributed by atoms with Crippen molar-refractivity contribution in [1.29, 1.82) is 0 Å². The van der Waals surface area contributed by atoms with E-state index in [-0.39, 0.29) is 0 Å². The van der Waals surface area contributed by atoms with Crippen LogP contribution in [0.1, 0.15) is 31.4 Å². The zero-order valence-corrected chi connectivity index (χ0v) is 10.8. The van der Waals surface area contributed by atoms with Crippen molar-refractivity contribution in [1.82, 2.24) is 14.9 Å². The predicted molar refractivity (Wildman–Crippen MR) is 69.6 cm³/mol. The molecule has 0 bridgehead atoms. The van der Waals surface area contributed by atoms with Crippen molar-refractivity contribution in [3.63, 3.8) is 0 Å². The summed E-state index contributed by atoms with van der Waals surface area (Å²) in [5.41, 5.74) is 2.81. The first-order chi connectivity index (χ1) is 8.61. The number of likely N-dealkylation sites (N-methyl/N-ethyl adjacent to an activating group) is 1. The molecule has 1 heterocycles. The van der Waals surface area contributed by atoms with Crippen molar-refractivity contribution in [3.8, 4) is 0 Å². The molecule has 2 rings (SSSR count). The van der Waals surface area contributed by atoms with Gasteiger partial charge in [0.25, 0.3) is 0 Å². The lowest BCUT2D eigenvalue weighted by Gasteiger charge is -2.28. The number of aliphatic hydroxyl groups is 1. The summed E-state index contributed by atoms with van der Waals surface area (Å²) in [6, 6.07) is 0. The zero-order valence-electron chi connectivity index (χ0n) is 10.8. The highest BCUT2D eigenvalue weighted by atomic mass is 16.3. The van der Waals surface area contributed by atoms with Gasteiger partial charge in [0, 0.05) is 13.1 Å². The van der Waals surface area contributed by atoms with Crippen LogP contribution in [-0.4, -0.2) is 39.2 Å². The summed E-state index contributed by atoms with van der Waals surface area (Å²) in [6.45, 7) is 1.37. The Balaban J connectivity index is 1.88. The molecule has 1 aliphatic rings. The Morgan fingerprint density at radius 1 is 1.39 bits per heavy atom. The van der Waals surface area contributed by atoms with Gasteiger partial charge in [-0.25, -0.2) is 10.8 Å². The number of nitrogens with zero attached hydrogens (tertiary/aromatic N) is 3. The number of nitrogens with one attached hydrogen (secondary N) is 1. The Hall–Kier alpha value is -1.24. The van der Waals surface area contributed by atoms with E-state index in [0.29, 0.717) is 18.9 Å². The van der Waals surface area contributed by atoms with E-state index in [2.05, 4.69) is 20.3 Å². The summed E-state index contributed by atoms with van der Waals surface area (Å²) in [5.74, 6) is 5.78. The molecule has 4 N–H and O–H groups in total. The topological polar surface area (TPSA) is 87.3 Å². The molecule has 1 aromatic heterocycles. The molecule has 1 aliphatic carbocycles. The number of nitrogen functional groups attached to an aromatic ring is 1. The summed E-state index contributed by atoms with van der Waals surface area (Å²) in [5, 5.41) is 10.3. The van der Waals surface area contributed by atoms with Crippen molar-refractivity contribution in [2.75, 3.05) is 19.0 Å². The van der Waals surface area contributed by atoms with Crippen LogP contribution < -0.4 is 11.3 Å². The minimum Gasteiger partial charge on any atom is -0.389 e. The fourth-order valence-corrected chi connectivity index (χ4v) is 2.54. The second-order valence-corrected chi connectivity index (χ2v) is 5.14. The average Bonchev–Trinajstić information content (AvgIpc) is 2.76. The Morgan fingerprint density at radius 3 is 2.67 bits per heavy atom. The van der Waals surface area contributed by atoms with Crippen LogP contribution in [0.25, 0.3) is 0 Å². The van der Waals surface area contributed by atoms with Crippen molar-refractivity contribution < 1.29 is 5.11 Å². The number of nitrogens with two attached hydrogens (primary N) is 1. The molecule has 0 aromatic carbocycles. The van der Waals surface area contributed by atoms with E-state index in [4.69, 9.17) is 5.84 Å². The highest BCUT2D eigenvalue weighted by molar-refractivity contribution is 5.28. The molecule has 0 unspecified atom stereocenters. The van der Waals surface area contributed by atoms with Crippen LogP contribution in [0, 0.1) is 0 Å². The van der Waals surface area contributed by atoms with Crippen LogP contribution in [0.2, 0.25) is 0 Å². The first-order valence-electron chi connectivity index (χ1n) is 6.30. The maximum Gasteiger partial charge on any atom is 0.158 e. The van der Waals surface area contributed by atoms with Gasteiger partial charge in [0.2, 0.25) is 0 Å². The number of rotatable bonds is 5. The lowest BCUT2D eigenvalue weighted by atomic mass is 10.0. The molecule has 0 saturated heterocycles. The Bertz CT molecular complexity index is 375. The molecule has 100 valence electrons. The monoisotopic (exact) mass is 251 g/mol. The van der Waals surface area contributed by atoms with E-state index < -0.39 is 5.60 Å². The Morgan fingerprint density at radius 2 is 2.11 bits per heavy atom. The van der Waals surface area contributed by atoms with Gasteiger partial charge in [-0.15, -0.1) is 0 Å². The fraction of sp³-hybridized carbons (Fsp3) is 0.667. The van der Waals surface area contributed by atoms with Crippen molar-refractivity contribution in [2.45, 2.75) is 37.8 Å². The third-order valence-corrected chi connectivity index (χ3v) is 3.38. The molecule has 1 aromatic rings. The Kier molecular flexibility index (Phi) is 4.11. The quantitative estimate of drug-likeness (QED) is 0.522. The van der Waals surface area contributed by atoms with Crippen molar-refractivity contribution in [3.05, 3.63) is 18.1 Å². The smallest absolute Gasteiger partial charge is 0.158 e. The SMILES string of the molecule is CN(Cc1cnc(NN)cn1)CC1(O)CCCC1. The number of anilines is 1. The van der Waals surface area contributed by atoms with Gasteiger partial charge in [0.05, 0.1) is 23.7 Å². The van der Waals surface area contributed by atoms with E-state index in [9.17, 15) is 5.11 Å². The average molecular weight is 251 g/mol. The molecular formula is C12H21N5O. The normalized spacial score (nSPS) is 18.2. The summed E-state index contributed by atoms with van der Waals surface area (Å²) in [6.07, 6.45) is 7.36. The van der Waals surface area contributed by atoms with Gasteiger partial charge in [0.1, 0.15) is 0 Å². The first kappa shape index (κ1) is 13.2. The molecular weight excluding hydrogens is 230 g/mol. The second kappa shape index (κ2) is 5.60. The van der Waals surface area contributed by atoms with Gasteiger partial charge in [0.15, 0.2) is 5.82 Å². The minimum absolute atomic E-state index is 0.513. The molecule has 1 saturated carbocycles. The van der Waals surface area contributed by atoms with Crippen LogP contribution in [0.4, 0.5) is 5.82 Å². The summed E-state index contributed by atoms with van der Waals surface area (Å²) < 4.78 is 0. The van der Waals surface area contributed by atoms with Gasteiger partial charge in [-0.3, -0.25) is 9.88 Å². The highest BCUT2D eigenvalue weighted by Crippen LogP contribution is 2.30. The Labute approximate surface area is 107 Å². The zero-order chi connectivity index (χ0) is 13.0. The van der Waals surface area contributed by atoms with Crippen LogP contribution >= 0.6 is 0 Å². The lowest BCUT2D eigenvalue weighted by Crippen LogP contribution is -2.38. The molecule has 6 heteroatoms. The molecule has 1 fully saturated rings. The maximum atomic E-state index is 10.3. The number of aromatic nitrogens is 2. The molecule has 18 heavy (non-hydrogen) atoms. The van der Waals surface area contributed by atoms with Crippen LogP contribution in [0.15, 0.2) is 12.4 Å². The second-order valence-electron chi connectivity index (χ2n) is 5.14. The van der Waals surface area contributed by atoms with E-state index in [0.717, 1.165) is 31.4 Å². The molecule has 0 spiro atoms. The van der Waals surface area contributed by atoms with Crippen LogP contribution in [-0.2, 0) is 6.54 Å². The van der Waals surface area contributed by atoms with E-state index in [1.54, 1.807) is 12.4 Å². The van der Waals surface area contributed by atoms with Gasteiger partial charge >= 0.3 is 0 Å². The molecule has 0 atom stereocenters. The fourth-order valence-electron chi connectivity index (χ4n) is 2.54. The number of hydrogen-bond acceptors (Lipinski definition) is 6. The summed E-state index contributed by atoms with van der Waals surface area (Å²) in [4.78, 5) is 10.5. The summed E-state index contributed by atoms with van der Waals surface area (Å²) in [7, 11) is 1.99. The third kappa shape index (κ3) is 3.38. The molecule has 0 amide bonds. The van der Waals surface area contributed by atoms with Gasteiger partial charge in [-0.2, -0.15) is 0 Å². The predicted octanol–water partition coefficient (Wildman–Crippen LogP) is 0.499. The number of hydrogen-bond donors (Lipinski definition) is 3. The molecule has 0 aliphatic heterocycles. The van der Waals surface area contributed by atoms with E-state index >= 15 is 0 Å². The van der Waals surface area contributed by atoms with Crippen LogP contribution in [0.3, 0.4) is 0 Å². The first-order valence-corrected chi connectivity index (χ1v) is 6.30. The lowest BCUT2D eigenvalue weighted by molar-refractivity contribution is 0.0142. The minimum atomic E-state index is -0.513. The molecule has 6 nitrogen and oxygen atoms in total. The standard InChI is InChI=1S/C12H21N5O/c1-17(9-12(18)4-2-3-5-12)8-10-6-15-11(16-13)7-14-10/h6-7,18H,2-5,8-9,13H2,1H3,(H,15,16). The summed E-state index contributed by atoms with van der Waals surface area (Å²) >= 11 is 0. The number of hydrazine groups is 1. The van der Waals surface area contributed by atoms with E-state index in [1.165, 1.54) is 0 Å². The highest BCUT2D eigenvalue weighted by Gasteiger charge is 2.32. The van der Waals surface area contributed by atoms with Crippen molar-refractivity contribution >= 4 is 5.82 Å². The maximum absolute atomic E-state index is 10.3. The van der Waals surface area contributed by atoms with Crippen LogP contribution in [0.5, 0.6) is 0 Å². The van der Waals surface area contributed by atoms with E-state index in [1.807, 2.05) is 7.05 Å². The van der Waals surface area contributed by atoms with Crippen molar-refractivity contribution in [2.24, 2.45) is 5.84 Å².